The summed E-state index contributed by atoms with van der Waals surface area (Å²) in [6.45, 7) is 5.07. The van der Waals surface area contributed by atoms with E-state index in [9.17, 15) is 5.11 Å². The fraction of sp³-hybridized carbons (Fsp3) is 0.455. The number of benzene rings is 1. The summed E-state index contributed by atoms with van der Waals surface area (Å²) in [5, 5.41) is 10.4. The number of halogens is 2. The van der Waals surface area contributed by atoms with Crippen LogP contribution in [0.5, 0.6) is 5.75 Å². The second-order valence-corrected chi connectivity index (χ2v) is 4.76. The number of aromatic hydroxyl groups is 1. The third kappa shape index (κ3) is 4.18. The van der Waals surface area contributed by atoms with Crippen LogP contribution in [0.15, 0.2) is 12.1 Å². The molecule has 1 rings (SSSR count). The first kappa shape index (κ1) is 13.6. The third-order valence-corrected chi connectivity index (χ3v) is 2.39. The van der Waals surface area contributed by atoms with Gasteiger partial charge in [0.05, 0.1) is 11.6 Å². The largest absolute Gasteiger partial charge is 0.506 e. The Bertz CT molecular complexity index is 356. The predicted molar refractivity (Wildman–Crippen MR) is 65.8 cm³/mol. The Morgan fingerprint density at radius 2 is 2.06 bits per heavy atom. The third-order valence-electron chi connectivity index (χ3n) is 1.89. The summed E-state index contributed by atoms with van der Waals surface area (Å²) in [4.78, 5) is 5.19. The minimum absolute atomic E-state index is 0.0340. The van der Waals surface area contributed by atoms with Crippen molar-refractivity contribution in [3.8, 4) is 5.75 Å². The Hall–Kier alpha value is -0.480. The Morgan fingerprint density at radius 3 is 2.69 bits per heavy atom. The summed E-state index contributed by atoms with van der Waals surface area (Å²) in [7, 11) is 0. The van der Waals surface area contributed by atoms with Gasteiger partial charge in [-0.15, -0.1) is 0 Å². The van der Waals surface area contributed by atoms with Crippen molar-refractivity contribution in [3.05, 3.63) is 27.7 Å². The number of phenols is 1. The van der Waals surface area contributed by atoms with E-state index in [0.29, 0.717) is 29.7 Å². The highest BCUT2D eigenvalue weighted by atomic mass is 35.5. The second kappa shape index (κ2) is 6.30. The lowest BCUT2D eigenvalue weighted by atomic mass is 10.2. The van der Waals surface area contributed by atoms with Crippen LogP contribution >= 0.6 is 23.2 Å². The monoisotopic (exact) mass is 263 g/mol. The molecule has 0 radical (unpaired) electrons. The molecule has 0 saturated carbocycles. The lowest BCUT2D eigenvalue weighted by Crippen LogP contribution is -2.17. The quantitative estimate of drug-likeness (QED) is 0.632. The van der Waals surface area contributed by atoms with Crippen LogP contribution < -0.4 is 5.48 Å². The van der Waals surface area contributed by atoms with Crippen LogP contribution in [0, 0.1) is 5.92 Å². The van der Waals surface area contributed by atoms with Gasteiger partial charge in [0.2, 0.25) is 0 Å². The van der Waals surface area contributed by atoms with Crippen LogP contribution in [-0.4, -0.2) is 11.7 Å². The first-order valence-electron chi connectivity index (χ1n) is 5.02. The van der Waals surface area contributed by atoms with Crippen LogP contribution in [0.3, 0.4) is 0 Å². The van der Waals surface area contributed by atoms with E-state index < -0.39 is 0 Å². The maximum Gasteiger partial charge on any atom is 0.138 e. The summed E-state index contributed by atoms with van der Waals surface area (Å²) in [5.74, 6) is 0.482. The molecule has 0 aliphatic carbocycles. The summed E-state index contributed by atoms with van der Waals surface area (Å²) < 4.78 is 0. The Labute approximate surface area is 105 Å². The van der Waals surface area contributed by atoms with Gasteiger partial charge in [-0.3, -0.25) is 0 Å². The Balaban J connectivity index is 2.53. The molecule has 0 aliphatic rings. The van der Waals surface area contributed by atoms with Gasteiger partial charge in [0.1, 0.15) is 5.75 Å². The molecule has 5 heteroatoms. The van der Waals surface area contributed by atoms with Gasteiger partial charge in [0.15, 0.2) is 0 Å². The number of hydrogen-bond donors (Lipinski definition) is 2. The van der Waals surface area contributed by atoms with Crippen molar-refractivity contribution in [2.75, 3.05) is 6.61 Å². The molecule has 0 fully saturated rings. The van der Waals surface area contributed by atoms with Gasteiger partial charge < -0.3 is 9.94 Å². The fourth-order valence-corrected chi connectivity index (χ4v) is 1.64. The van der Waals surface area contributed by atoms with Gasteiger partial charge in [0, 0.05) is 17.1 Å². The molecule has 0 saturated heterocycles. The number of nitrogens with one attached hydrogen (secondary N) is 1. The Morgan fingerprint density at radius 1 is 1.38 bits per heavy atom. The van der Waals surface area contributed by atoms with Crippen molar-refractivity contribution in [2.24, 2.45) is 5.92 Å². The summed E-state index contributed by atoms with van der Waals surface area (Å²) >= 11 is 11.6. The normalized spacial score (nSPS) is 11.1. The number of rotatable bonds is 5. The van der Waals surface area contributed by atoms with E-state index in [2.05, 4.69) is 19.3 Å². The SMILES string of the molecule is CC(C)CONCc1cc(Cl)cc(Cl)c1O. The molecule has 0 bridgehead atoms. The fourth-order valence-electron chi connectivity index (χ4n) is 1.11. The molecule has 3 nitrogen and oxygen atoms in total. The van der Waals surface area contributed by atoms with Crippen molar-refractivity contribution in [2.45, 2.75) is 20.4 Å². The molecule has 0 aliphatic heterocycles. The topological polar surface area (TPSA) is 41.5 Å². The Kier molecular flexibility index (Phi) is 5.35. The average molecular weight is 264 g/mol. The van der Waals surface area contributed by atoms with Crippen LogP contribution in [0.2, 0.25) is 10.0 Å². The van der Waals surface area contributed by atoms with Gasteiger partial charge in [-0.1, -0.05) is 37.0 Å². The molecule has 1 aromatic carbocycles. The van der Waals surface area contributed by atoms with Gasteiger partial charge in [-0.25, -0.2) is 0 Å². The first-order chi connectivity index (χ1) is 7.50. The van der Waals surface area contributed by atoms with Gasteiger partial charge in [0.25, 0.3) is 0 Å². The van der Waals surface area contributed by atoms with Crippen molar-refractivity contribution in [1.82, 2.24) is 5.48 Å². The lowest BCUT2D eigenvalue weighted by Gasteiger charge is -2.10. The van der Waals surface area contributed by atoms with Crippen LogP contribution in [0.4, 0.5) is 0 Å². The molecular weight excluding hydrogens is 249 g/mol. The van der Waals surface area contributed by atoms with E-state index >= 15 is 0 Å². The molecule has 2 N–H and O–H groups in total. The summed E-state index contributed by atoms with van der Waals surface area (Å²) in [6.07, 6.45) is 0. The number of phenolic OH excluding ortho intramolecular Hbond substituents is 1. The zero-order valence-electron chi connectivity index (χ0n) is 9.26. The van der Waals surface area contributed by atoms with Gasteiger partial charge >= 0.3 is 0 Å². The zero-order chi connectivity index (χ0) is 12.1. The number of hydroxylamine groups is 1. The molecule has 0 unspecified atom stereocenters. The molecule has 0 aromatic heterocycles. The highest BCUT2D eigenvalue weighted by Gasteiger charge is 2.07. The van der Waals surface area contributed by atoms with E-state index in [1.54, 1.807) is 6.07 Å². The summed E-state index contributed by atoms with van der Waals surface area (Å²) in [6, 6.07) is 3.14. The van der Waals surface area contributed by atoms with Crippen LogP contribution in [0.1, 0.15) is 19.4 Å². The maximum absolute atomic E-state index is 9.64. The van der Waals surface area contributed by atoms with Crippen molar-refractivity contribution in [1.29, 1.82) is 0 Å². The first-order valence-corrected chi connectivity index (χ1v) is 5.78. The summed E-state index contributed by atoms with van der Waals surface area (Å²) in [5.41, 5.74) is 3.36. The zero-order valence-corrected chi connectivity index (χ0v) is 10.8. The van der Waals surface area contributed by atoms with E-state index in [4.69, 9.17) is 28.0 Å². The molecule has 0 atom stereocenters. The molecule has 1 aromatic rings. The van der Waals surface area contributed by atoms with E-state index in [0.717, 1.165) is 0 Å². The standard InChI is InChI=1S/C11H15Cl2NO2/c1-7(2)6-16-14-5-8-3-9(12)4-10(13)11(8)15/h3-4,7,14-15H,5-6H2,1-2H3. The van der Waals surface area contributed by atoms with E-state index in [-0.39, 0.29) is 10.8 Å². The average Bonchev–Trinajstić information content (AvgIpc) is 2.19. The highest BCUT2D eigenvalue weighted by molar-refractivity contribution is 6.35. The predicted octanol–water partition coefficient (Wildman–Crippen LogP) is 3.38. The van der Waals surface area contributed by atoms with Crippen molar-refractivity contribution in [3.63, 3.8) is 0 Å². The van der Waals surface area contributed by atoms with Gasteiger partial charge in [-0.2, -0.15) is 5.48 Å². The minimum Gasteiger partial charge on any atom is -0.506 e. The molecular formula is C11H15Cl2NO2. The van der Waals surface area contributed by atoms with Gasteiger partial charge in [-0.05, 0) is 18.1 Å². The molecule has 0 heterocycles. The maximum atomic E-state index is 9.64. The van der Waals surface area contributed by atoms with Crippen molar-refractivity contribution < 1.29 is 9.94 Å². The van der Waals surface area contributed by atoms with Crippen LogP contribution in [-0.2, 0) is 11.4 Å². The molecule has 0 spiro atoms. The molecule has 90 valence electrons. The minimum atomic E-state index is 0.0340. The lowest BCUT2D eigenvalue weighted by molar-refractivity contribution is 0.0193. The van der Waals surface area contributed by atoms with E-state index in [1.165, 1.54) is 6.07 Å². The second-order valence-electron chi connectivity index (χ2n) is 3.92. The highest BCUT2D eigenvalue weighted by Crippen LogP contribution is 2.30. The molecule has 16 heavy (non-hydrogen) atoms. The smallest absolute Gasteiger partial charge is 0.138 e. The molecule has 0 amide bonds. The van der Waals surface area contributed by atoms with E-state index in [1.807, 2.05) is 0 Å². The van der Waals surface area contributed by atoms with Crippen LogP contribution in [0.25, 0.3) is 0 Å². The number of hydrogen-bond acceptors (Lipinski definition) is 3. The van der Waals surface area contributed by atoms with Crippen molar-refractivity contribution >= 4 is 23.2 Å².